The molecule has 0 radical (unpaired) electrons. The van der Waals surface area contributed by atoms with Crippen molar-refractivity contribution in [3.05, 3.63) is 97.2 Å². The number of rotatable bonds is 56. The summed E-state index contributed by atoms with van der Waals surface area (Å²) in [7, 11) is 0. The van der Waals surface area contributed by atoms with Crippen LogP contribution in [0.2, 0.25) is 0 Å². The molecule has 6 nitrogen and oxygen atoms in total. The molecule has 0 aliphatic rings. The summed E-state index contributed by atoms with van der Waals surface area (Å²) in [6, 6.07) is 0. The van der Waals surface area contributed by atoms with Crippen molar-refractivity contribution in [2.24, 2.45) is 0 Å². The Hall–Kier alpha value is -3.67. The number of unbranched alkanes of at least 4 members (excludes halogenated alkanes) is 29. The van der Waals surface area contributed by atoms with Crippen molar-refractivity contribution in [1.29, 1.82) is 0 Å². The highest BCUT2D eigenvalue weighted by atomic mass is 16.6. The number of carbonyl (C=O) groups is 3. The minimum Gasteiger partial charge on any atom is -0.462 e. The highest BCUT2D eigenvalue weighted by Gasteiger charge is 2.19. The summed E-state index contributed by atoms with van der Waals surface area (Å²) >= 11 is 0. The van der Waals surface area contributed by atoms with Crippen LogP contribution in [0.3, 0.4) is 0 Å². The third-order valence-electron chi connectivity index (χ3n) is 13.4. The third-order valence-corrected chi connectivity index (χ3v) is 13.4. The predicted molar refractivity (Wildman–Crippen MR) is 320 cm³/mol. The Morgan fingerprint density at radius 1 is 0.284 bits per heavy atom. The zero-order valence-electron chi connectivity index (χ0n) is 48.6. The second-order valence-corrected chi connectivity index (χ2v) is 20.6. The summed E-state index contributed by atoms with van der Waals surface area (Å²) < 4.78 is 16.7. The van der Waals surface area contributed by atoms with Gasteiger partial charge in [-0.2, -0.15) is 0 Å². The highest BCUT2D eigenvalue weighted by molar-refractivity contribution is 5.71. The van der Waals surface area contributed by atoms with Gasteiger partial charge in [-0.1, -0.05) is 291 Å². The average Bonchev–Trinajstić information content (AvgIpc) is 3.40. The molecular formula is C68H116O6. The summed E-state index contributed by atoms with van der Waals surface area (Å²) in [5.74, 6) is -0.891. The van der Waals surface area contributed by atoms with E-state index in [4.69, 9.17) is 14.2 Å². The molecule has 0 heterocycles. The predicted octanol–water partition coefficient (Wildman–Crippen LogP) is 21.3. The first-order valence-electron chi connectivity index (χ1n) is 31.2. The van der Waals surface area contributed by atoms with E-state index in [1.165, 1.54) is 135 Å². The van der Waals surface area contributed by atoms with Crippen molar-refractivity contribution in [3.63, 3.8) is 0 Å². The lowest BCUT2D eigenvalue weighted by molar-refractivity contribution is -0.167. The van der Waals surface area contributed by atoms with Gasteiger partial charge in [0.25, 0.3) is 0 Å². The minimum absolute atomic E-state index is 0.0775. The number of esters is 3. The molecule has 0 rings (SSSR count). The number of hydrogen-bond acceptors (Lipinski definition) is 6. The first-order valence-corrected chi connectivity index (χ1v) is 31.2. The van der Waals surface area contributed by atoms with Gasteiger partial charge in [-0.15, -0.1) is 0 Å². The number of ether oxygens (including phenoxy) is 3. The maximum absolute atomic E-state index is 12.8. The van der Waals surface area contributed by atoms with Crippen molar-refractivity contribution in [2.75, 3.05) is 13.2 Å². The van der Waals surface area contributed by atoms with E-state index in [0.29, 0.717) is 19.3 Å². The SMILES string of the molecule is CC/C=C\C/C=C\C/C=C\C/C=C\C/C=C\C/C=C\C/C=C\C/C=C\CCCCCCCCCCC(=O)OCC(COC(=O)CCCCCCC)OC(=O)CCCCCCCCCCCCCCCCCCCC. The standard InChI is InChI=1S/C68H116O6/c1-4-7-10-13-15-17-19-21-23-25-27-28-29-30-31-32-33-34-35-36-37-38-39-40-41-43-44-46-48-50-52-55-58-61-67(70)73-64-65(63-72-66(69)60-57-54-12-9-6-3)74-68(71)62-59-56-53-51-49-47-45-42-26-24-22-20-18-16-14-11-8-5-2/h7,10,15,17,21,23,27-28,30-31,33-34,36-37,39-40,65H,4-6,8-9,11-14,16,18-20,22,24-26,29,32,35,38,41-64H2,1-3H3/b10-7-,17-15-,23-21-,28-27-,31-30-,34-33-,37-36-,40-39-. The van der Waals surface area contributed by atoms with E-state index in [0.717, 1.165) is 122 Å². The monoisotopic (exact) mass is 1030 g/mol. The molecule has 0 aliphatic carbocycles. The Kier molecular flexibility index (Phi) is 58.8. The summed E-state index contributed by atoms with van der Waals surface area (Å²) in [6.45, 7) is 6.46. The molecule has 0 aromatic carbocycles. The number of carbonyl (C=O) groups excluding carboxylic acids is 3. The zero-order valence-corrected chi connectivity index (χ0v) is 48.6. The summed E-state index contributed by atoms with van der Waals surface area (Å²) in [5.41, 5.74) is 0. The second kappa shape index (κ2) is 61.9. The van der Waals surface area contributed by atoms with Crippen LogP contribution in [0.1, 0.15) is 297 Å². The van der Waals surface area contributed by atoms with Gasteiger partial charge in [-0.3, -0.25) is 14.4 Å². The van der Waals surface area contributed by atoms with Crippen LogP contribution in [0.25, 0.3) is 0 Å². The molecule has 0 aromatic rings. The van der Waals surface area contributed by atoms with Gasteiger partial charge in [-0.05, 0) is 83.5 Å². The van der Waals surface area contributed by atoms with Gasteiger partial charge in [0.2, 0.25) is 0 Å². The Labute approximate surface area is 457 Å². The molecule has 0 spiro atoms. The summed E-state index contributed by atoms with van der Waals surface area (Å²) in [4.78, 5) is 37.9. The van der Waals surface area contributed by atoms with E-state index in [-0.39, 0.29) is 31.1 Å². The second-order valence-electron chi connectivity index (χ2n) is 20.6. The Morgan fingerprint density at radius 3 is 0.824 bits per heavy atom. The summed E-state index contributed by atoms with van der Waals surface area (Å²) in [6.07, 6.45) is 83.2. The largest absolute Gasteiger partial charge is 0.462 e. The topological polar surface area (TPSA) is 78.9 Å². The lowest BCUT2D eigenvalue weighted by Gasteiger charge is -2.18. The van der Waals surface area contributed by atoms with Gasteiger partial charge < -0.3 is 14.2 Å². The van der Waals surface area contributed by atoms with E-state index in [9.17, 15) is 14.4 Å². The Morgan fingerprint density at radius 2 is 0.527 bits per heavy atom. The average molecular weight is 1030 g/mol. The molecule has 6 heteroatoms. The highest BCUT2D eigenvalue weighted by Crippen LogP contribution is 2.16. The lowest BCUT2D eigenvalue weighted by Crippen LogP contribution is -2.30. The molecule has 0 aliphatic heterocycles. The fraction of sp³-hybridized carbons (Fsp3) is 0.721. The van der Waals surface area contributed by atoms with Crippen molar-refractivity contribution < 1.29 is 28.6 Å². The van der Waals surface area contributed by atoms with Crippen LogP contribution < -0.4 is 0 Å². The molecule has 0 aromatic heterocycles. The fourth-order valence-electron chi connectivity index (χ4n) is 8.69. The first-order chi connectivity index (χ1) is 36.5. The number of hydrogen-bond donors (Lipinski definition) is 0. The van der Waals surface area contributed by atoms with Crippen LogP contribution in [0, 0.1) is 0 Å². The third kappa shape index (κ3) is 59.2. The molecule has 0 N–H and O–H groups in total. The number of allylic oxidation sites excluding steroid dienone is 16. The normalized spacial score (nSPS) is 12.7. The molecule has 0 amide bonds. The van der Waals surface area contributed by atoms with Crippen LogP contribution in [-0.2, 0) is 28.6 Å². The molecular weight excluding hydrogens is 913 g/mol. The molecule has 0 saturated heterocycles. The van der Waals surface area contributed by atoms with Crippen LogP contribution in [0.5, 0.6) is 0 Å². The molecule has 424 valence electrons. The van der Waals surface area contributed by atoms with Crippen molar-refractivity contribution in [3.8, 4) is 0 Å². The fourth-order valence-corrected chi connectivity index (χ4v) is 8.69. The molecule has 1 atom stereocenters. The maximum Gasteiger partial charge on any atom is 0.306 e. The van der Waals surface area contributed by atoms with Gasteiger partial charge in [0, 0.05) is 19.3 Å². The van der Waals surface area contributed by atoms with Crippen LogP contribution >= 0.6 is 0 Å². The molecule has 1 unspecified atom stereocenters. The van der Waals surface area contributed by atoms with E-state index in [2.05, 4.69) is 118 Å². The van der Waals surface area contributed by atoms with Gasteiger partial charge in [-0.25, -0.2) is 0 Å². The van der Waals surface area contributed by atoms with Crippen LogP contribution in [0.15, 0.2) is 97.2 Å². The van der Waals surface area contributed by atoms with Crippen molar-refractivity contribution in [2.45, 2.75) is 303 Å². The van der Waals surface area contributed by atoms with Crippen molar-refractivity contribution >= 4 is 17.9 Å². The first kappa shape index (κ1) is 70.3. The van der Waals surface area contributed by atoms with E-state index in [1.807, 2.05) is 0 Å². The summed E-state index contributed by atoms with van der Waals surface area (Å²) in [5, 5.41) is 0. The van der Waals surface area contributed by atoms with Crippen molar-refractivity contribution in [1.82, 2.24) is 0 Å². The Bertz CT molecular complexity index is 1460. The van der Waals surface area contributed by atoms with E-state index < -0.39 is 6.10 Å². The lowest BCUT2D eigenvalue weighted by atomic mass is 10.0. The van der Waals surface area contributed by atoms with Gasteiger partial charge in [0.05, 0.1) is 0 Å². The smallest absolute Gasteiger partial charge is 0.306 e. The van der Waals surface area contributed by atoms with Crippen LogP contribution in [0.4, 0.5) is 0 Å². The quantitative estimate of drug-likeness (QED) is 0.0261. The Balaban J connectivity index is 4.06. The maximum atomic E-state index is 12.8. The van der Waals surface area contributed by atoms with E-state index in [1.54, 1.807) is 0 Å². The van der Waals surface area contributed by atoms with Gasteiger partial charge in [0.15, 0.2) is 6.10 Å². The molecule has 0 fully saturated rings. The molecule has 0 saturated carbocycles. The zero-order chi connectivity index (χ0) is 53.6. The van der Waals surface area contributed by atoms with Crippen LogP contribution in [-0.4, -0.2) is 37.2 Å². The molecule has 0 bridgehead atoms. The van der Waals surface area contributed by atoms with E-state index >= 15 is 0 Å². The van der Waals surface area contributed by atoms with Gasteiger partial charge >= 0.3 is 17.9 Å². The van der Waals surface area contributed by atoms with Gasteiger partial charge in [0.1, 0.15) is 13.2 Å². The minimum atomic E-state index is -0.775. The molecule has 74 heavy (non-hydrogen) atoms.